The lowest BCUT2D eigenvalue weighted by atomic mass is 10.0. The number of halogens is 1. The van der Waals surface area contributed by atoms with E-state index in [0.29, 0.717) is 43.3 Å². The van der Waals surface area contributed by atoms with Gasteiger partial charge in [0.15, 0.2) is 5.13 Å². The number of carbonyl (C=O) groups is 1. The van der Waals surface area contributed by atoms with E-state index in [1.165, 1.54) is 33.3 Å². The number of rotatable bonds is 8. The molecule has 5 rings (SSSR count). The van der Waals surface area contributed by atoms with Gasteiger partial charge >= 0.3 is 0 Å². The molecule has 0 unspecified atom stereocenters. The molecule has 0 atom stereocenters. The van der Waals surface area contributed by atoms with Crippen LogP contribution in [0.4, 0.5) is 5.13 Å². The second kappa shape index (κ2) is 12.0. The lowest BCUT2D eigenvalue weighted by Gasteiger charge is -2.28. The zero-order valence-corrected chi connectivity index (χ0v) is 24.5. The summed E-state index contributed by atoms with van der Waals surface area (Å²) < 4.78 is 34.5. The SMILES string of the molecule is COc1ccc2nc(N(CCN(C)C)C(=O)c3ccc(S(=O)(=O)N4CCc5ccccc5C4)cc3)sc2c1.Cl. The minimum absolute atomic E-state index is 0. The summed E-state index contributed by atoms with van der Waals surface area (Å²) in [5.41, 5.74) is 3.41. The number of sulfonamides is 1. The summed E-state index contributed by atoms with van der Waals surface area (Å²) in [6, 6.07) is 19.8. The Hall–Kier alpha value is -3.02. The third-order valence-electron chi connectivity index (χ3n) is 6.67. The van der Waals surface area contributed by atoms with Crippen LogP contribution in [-0.2, 0) is 23.0 Å². The molecule has 2 heterocycles. The number of anilines is 1. The number of ether oxygens (including phenoxy) is 1. The number of benzene rings is 3. The van der Waals surface area contributed by atoms with E-state index < -0.39 is 10.0 Å². The Labute approximate surface area is 239 Å². The van der Waals surface area contributed by atoms with Crippen LogP contribution >= 0.6 is 23.7 Å². The Bertz CT molecular complexity index is 1570. The zero-order chi connectivity index (χ0) is 26.9. The fourth-order valence-electron chi connectivity index (χ4n) is 4.47. The average molecular weight is 587 g/mol. The molecule has 0 aliphatic carbocycles. The van der Waals surface area contributed by atoms with Crippen molar-refractivity contribution in [1.82, 2.24) is 14.2 Å². The van der Waals surface area contributed by atoms with E-state index in [0.717, 1.165) is 21.5 Å². The van der Waals surface area contributed by atoms with E-state index in [9.17, 15) is 13.2 Å². The van der Waals surface area contributed by atoms with Gasteiger partial charge in [0.05, 0.1) is 22.2 Å². The van der Waals surface area contributed by atoms with Crippen LogP contribution in [0.25, 0.3) is 10.2 Å². The lowest BCUT2D eigenvalue weighted by molar-refractivity contribution is 0.0985. The minimum atomic E-state index is -3.69. The number of nitrogens with zero attached hydrogens (tertiary/aromatic N) is 4. The maximum atomic E-state index is 13.6. The van der Waals surface area contributed by atoms with E-state index in [1.807, 2.05) is 61.5 Å². The zero-order valence-electron chi connectivity index (χ0n) is 22.0. The molecule has 1 aliphatic heterocycles. The van der Waals surface area contributed by atoms with E-state index in [1.54, 1.807) is 24.1 Å². The Balaban J connectivity index is 0.00000353. The maximum Gasteiger partial charge on any atom is 0.260 e. The summed E-state index contributed by atoms with van der Waals surface area (Å²) in [5.74, 6) is 0.501. The summed E-state index contributed by atoms with van der Waals surface area (Å²) in [6.45, 7) is 1.87. The molecule has 0 saturated heterocycles. The highest BCUT2D eigenvalue weighted by atomic mass is 35.5. The summed E-state index contributed by atoms with van der Waals surface area (Å²) >= 11 is 1.42. The monoisotopic (exact) mass is 586 g/mol. The van der Waals surface area contributed by atoms with Gasteiger partial charge in [0.2, 0.25) is 10.0 Å². The van der Waals surface area contributed by atoms with Crippen molar-refractivity contribution >= 4 is 55.0 Å². The van der Waals surface area contributed by atoms with E-state index in [-0.39, 0.29) is 23.2 Å². The van der Waals surface area contributed by atoms with Crippen molar-refractivity contribution in [1.29, 1.82) is 0 Å². The van der Waals surface area contributed by atoms with Crippen LogP contribution in [0, 0.1) is 0 Å². The van der Waals surface area contributed by atoms with Gasteiger partial charge in [-0.1, -0.05) is 35.6 Å². The highest BCUT2D eigenvalue weighted by Gasteiger charge is 2.29. The molecule has 0 radical (unpaired) electrons. The normalized spacial score (nSPS) is 13.6. The number of hydrogen-bond donors (Lipinski definition) is 0. The molecule has 1 amide bonds. The second-order valence-corrected chi connectivity index (χ2v) is 12.4. The molecule has 4 aromatic rings. The van der Waals surface area contributed by atoms with Gasteiger partial charge in [-0.15, -0.1) is 12.4 Å². The number of hydrogen-bond acceptors (Lipinski definition) is 7. The van der Waals surface area contributed by atoms with E-state index in [4.69, 9.17) is 9.72 Å². The van der Waals surface area contributed by atoms with Crippen LogP contribution < -0.4 is 9.64 Å². The predicted molar refractivity (Wildman–Crippen MR) is 158 cm³/mol. The molecule has 0 fully saturated rings. The molecule has 1 aliphatic rings. The molecule has 1 aromatic heterocycles. The van der Waals surface area contributed by atoms with E-state index >= 15 is 0 Å². The first-order valence-electron chi connectivity index (χ1n) is 12.3. The van der Waals surface area contributed by atoms with Gasteiger partial charge in [-0.25, -0.2) is 13.4 Å². The third-order valence-corrected chi connectivity index (χ3v) is 9.57. The fourth-order valence-corrected chi connectivity index (χ4v) is 6.91. The highest BCUT2D eigenvalue weighted by Crippen LogP contribution is 2.32. The highest BCUT2D eigenvalue weighted by molar-refractivity contribution is 7.89. The summed E-state index contributed by atoms with van der Waals surface area (Å²) in [6.07, 6.45) is 0.681. The predicted octanol–water partition coefficient (Wildman–Crippen LogP) is 4.68. The molecule has 206 valence electrons. The Kier molecular flexibility index (Phi) is 8.93. The van der Waals surface area contributed by atoms with Crippen LogP contribution in [0.1, 0.15) is 21.5 Å². The number of amides is 1. The number of thiazole rings is 1. The first-order valence-corrected chi connectivity index (χ1v) is 14.6. The number of carbonyl (C=O) groups excluding carboxylic acids is 1. The molecule has 11 heteroatoms. The van der Waals surface area contributed by atoms with Crippen LogP contribution in [0.5, 0.6) is 5.75 Å². The first kappa shape index (κ1) is 29.0. The standard InChI is InChI=1S/C28H30N4O4S2.ClH/c1-30(2)16-17-32(28-29-25-13-10-23(36-3)18-26(25)37-28)27(33)21-8-11-24(12-9-21)38(34,35)31-15-14-20-6-4-5-7-22(20)19-31;/h4-13,18H,14-17,19H2,1-3H3;1H. The van der Waals surface area contributed by atoms with Crippen molar-refractivity contribution in [2.45, 2.75) is 17.9 Å². The topological polar surface area (TPSA) is 83.0 Å². The summed E-state index contributed by atoms with van der Waals surface area (Å²) in [5, 5.41) is 0.587. The first-order chi connectivity index (χ1) is 18.3. The van der Waals surface area contributed by atoms with Crippen molar-refractivity contribution in [3.8, 4) is 5.75 Å². The fraction of sp³-hybridized carbons (Fsp3) is 0.286. The molecule has 0 spiro atoms. The van der Waals surface area contributed by atoms with Crippen LogP contribution in [0.2, 0.25) is 0 Å². The smallest absolute Gasteiger partial charge is 0.260 e. The summed E-state index contributed by atoms with van der Waals surface area (Å²) in [7, 11) is 1.83. The van der Waals surface area contributed by atoms with Crippen LogP contribution in [-0.4, -0.2) is 69.4 Å². The number of fused-ring (bicyclic) bond motifs is 2. The Morgan fingerprint density at radius 3 is 2.44 bits per heavy atom. The van der Waals surface area contributed by atoms with Gasteiger partial charge in [0.1, 0.15) is 5.75 Å². The molecule has 8 nitrogen and oxygen atoms in total. The van der Waals surface area contributed by atoms with Gasteiger partial charge in [0, 0.05) is 31.7 Å². The van der Waals surface area contributed by atoms with Crippen molar-refractivity contribution in [2.24, 2.45) is 0 Å². The van der Waals surface area contributed by atoms with E-state index in [2.05, 4.69) is 0 Å². The van der Waals surface area contributed by atoms with Gasteiger partial charge in [-0.2, -0.15) is 4.31 Å². The largest absolute Gasteiger partial charge is 0.497 e. The number of methoxy groups -OCH3 is 1. The summed E-state index contributed by atoms with van der Waals surface area (Å²) in [4.78, 5) is 22.2. The van der Waals surface area contributed by atoms with Crippen molar-refractivity contribution in [3.05, 3.63) is 83.4 Å². The Morgan fingerprint density at radius 1 is 1.03 bits per heavy atom. The lowest BCUT2D eigenvalue weighted by Crippen LogP contribution is -2.37. The molecule has 0 N–H and O–H groups in total. The molecule has 0 saturated carbocycles. The molecule has 0 bridgehead atoms. The third kappa shape index (κ3) is 6.10. The quantitative estimate of drug-likeness (QED) is 0.298. The van der Waals surface area contributed by atoms with Crippen molar-refractivity contribution in [3.63, 3.8) is 0 Å². The Morgan fingerprint density at radius 2 is 1.74 bits per heavy atom. The van der Waals surface area contributed by atoms with Crippen molar-refractivity contribution < 1.29 is 17.9 Å². The minimum Gasteiger partial charge on any atom is -0.497 e. The molecular weight excluding hydrogens is 556 g/mol. The van der Waals surface area contributed by atoms with Gasteiger partial charge in [-0.05, 0) is 74.1 Å². The van der Waals surface area contributed by atoms with Crippen LogP contribution in [0.3, 0.4) is 0 Å². The molecule has 39 heavy (non-hydrogen) atoms. The number of likely N-dealkylation sites (N-methyl/N-ethyl adjacent to an activating group) is 1. The molecule has 3 aromatic carbocycles. The maximum absolute atomic E-state index is 13.6. The van der Waals surface area contributed by atoms with Gasteiger partial charge in [0.25, 0.3) is 5.91 Å². The van der Waals surface area contributed by atoms with Crippen LogP contribution in [0.15, 0.2) is 71.6 Å². The van der Waals surface area contributed by atoms with Crippen molar-refractivity contribution in [2.75, 3.05) is 45.7 Å². The molecular formula is C28H31ClN4O4S2. The second-order valence-electron chi connectivity index (χ2n) is 9.47. The average Bonchev–Trinajstić information content (AvgIpc) is 3.35. The van der Waals surface area contributed by atoms with Gasteiger partial charge in [-0.3, -0.25) is 9.69 Å². The number of aromatic nitrogens is 1. The van der Waals surface area contributed by atoms with Gasteiger partial charge < -0.3 is 9.64 Å².